The lowest BCUT2D eigenvalue weighted by Crippen LogP contribution is -2.11. The van der Waals surface area contributed by atoms with E-state index in [4.69, 9.17) is 0 Å². The highest BCUT2D eigenvalue weighted by Crippen LogP contribution is 2.26. The molecule has 5 rings (SSSR count). The Balaban J connectivity index is 1.24. The summed E-state index contributed by atoms with van der Waals surface area (Å²) in [6.45, 7) is 2.07. The van der Waals surface area contributed by atoms with Crippen LogP contribution in [-0.4, -0.2) is 15.9 Å². The molecule has 5 heteroatoms. The Hall–Kier alpha value is -4.51. The molecule has 0 aliphatic carbocycles. The van der Waals surface area contributed by atoms with Crippen LogP contribution in [0.25, 0.3) is 10.9 Å². The first-order chi connectivity index (χ1) is 16.6. The summed E-state index contributed by atoms with van der Waals surface area (Å²) in [6, 6.07) is 27.6. The van der Waals surface area contributed by atoms with Crippen molar-refractivity contribution in [3.63, 3.8) is 0 Å². The SMILES string of the molecule is Cc1ccc2nccc(Nc3ccc(C(=O)Nc4ccc(Cc5ccncc5)cc4)cc3)c2c1. The van der Waals surface area contributed by atoms with E-state index < -0.39 is 0 Å². The number of benzene rings is 3. The minimum atomic E-state index is -0.140. The van der Waals surface area contributed by atoms with Gasteiger partial charge in [-0.1, -0.05) is 23.8 Å². The molecule has 5 aromatic rings. The van der Waals surface area contributed by atoms with Gasteiger partial charge in [-0.3, -0.25) is 14.8 Å². The monoisotopic (exact) mass is 444 g/mol. The van der Waals surface area contributed by atoms with Crippen LogP contribution in [0, 0.1) is 6.92 Å². The van der Waals surface area contributed by atoms with Crippen LogP contribution in [0.15, 0.2) is 104 Å². The summed E-state index contributed by atoms with van der Waals surface area (Å²) in [4.78, 5) is 21.2. The van der Waals surface area contributed by atoms with Gasteiger partial charge < -0.3 is 10.6 Å². The van der Waals surface area contributed by atoms with Crippen LogP contribution in [0.2, 0.25) is 0 Å². The van der Waals surface area contributed by atoms with Gasteiger partial charge in [0, 0.05) is 46.6 Å². The maximum absolute atomic E-state index is 12.7. The van der Waals surface area contributed by atoms with E-state index in [0.29, 0.717) is 5.56 Å². The largest absolute Gasteiger partial charge is 0.355 e. The smallest absolute Gasteiger partial charge is 0.255 e. The van der Waals surface area contributed by atoms with E-state index in [9.17, 15) is 4.79 Å². The van der Waals surface area contributed by atoms with E-state index in [-0.39, 0.29) is 5.91 Å². The fourth-order valence-corrected chi connectivity index (χ4v) is 3.88. The van der Waals surface area contributed by atoms with Crippen molar-refractivity contribution in [3.8, 4) is 0 Å². The van der Waals surface area contributed by atoms with Crippen LogP contribution in [0.4, 0.5) is 17.1 Å². The van der Waals surface area contributed by atoms with Crippen molar-refractivity contribution >= 4 is 33.9 Å². The maximum Gasteiger partial charge on any atom is 0.255 e. The zero-order valence-electron chi connectivity index (χ0n) is 18.8. The molecule has 2 heterocycles. The highest BCUT2D eigenvalue weighted by Gasteiger charge is 2.08. The van der Waals surface area contributed by atoms with Crippen molar-refractivity contribution in [2.45, 2.75) is 13.3 Å². The van der Waals surface area contributed by atoms with Crippen molar-refractivity contribution in [3.05, 3.63) is 126 Å². The number of rotatable bonds is 6. The molecule has 0 unspecified atom stereocenters. The number of hydrogen-bond donors (Lipinski definition) is 2. The summed E-state index contributed by atoms with van der Waals surface area (Å²) < 4.78 is 0. The summed E-state index contributed by atoms with van der Waals surface area (Å²) in [5.74, 6) is -0.140. The molecule has 0 bridgehead atoms. The summed E-state index contributed by atoms with van der Waals surface area (Å²) >= 11 is 0. The van der Waals surface area contributed by atoms with Crippen molar-refractivity contribution < 1.29 is 4.79 Å². The second-order valence-electron chi connectivity index (χ2n) is 8.26. The minimum Gasteiger partial charge on any atom is -0.355 e. The molecule has 166 valence electrons. The predicted octanol–water partition coefficient (Wildman–Crippen LogP) is 6.52. The lowest BCUT2D eigenvalue weighted by Gasteiger charge is -2.11. The lowest BCUT2D eigenvalue weighted by atomic mass is 10.1. The Kier molecular flexibility index (Phi) is 5.99. The highest BCUT2D eigenvalue weighted by molar-refractivity contribution is 6.04. The van der Waals surface area contributed by atoms with Gasteiger partial charge in [-0.15, -0.1) is 0 Å². The molecule has 0 radical (unpaired) electrons. The normalized spacial score (nSPS) is 10.7. The van der Waals surface area contributed by atoms with Crippen LogP contribution < -0.4 is 10.6 Å². The Morgan fingerprint density at radius 1 is 0.765 bits per heavy atom. The Morgan fingerprint density at radius 3 is 2.24 bits per heavy atom. The van der Waals surface area contributed by atoms with E-state index in [0.717, 1.165) is 34.4 Å². The topological polar surface area (TPSA) is 66.9 Å². The molecule has 0 spiro atoms. The number of aromatic nitrogens is 2. The zero-order valence-corrected chi connectivity index (χ0v) is 18.8. The van der Waals surface area contributed by atoms with Gasteiger partial charge >= 0.3 is 0 Å². The van der Waals surface area contributed by atoms with E-state index in [1.165, 1.54) is 16.7 Å². The lowest BCUT2D eigenvalue weighted by molar-refractivity contribution is 0.102. The molecule has 2 aromatic heterocycles. The second-order valence-corrected chi connectivity index (χ2v) is 8.26. The summed E-state index contributed by atoms with van der Waals surface area (Å²) in [7, 11) is 0. The van der Waals surface area contributed by atoms with Crippen molar-refractivity contribution in [1.29, 1.82) is 0 Å². The van der Waals surface area contributed by atoms with Crippen LogP contribution in [0.3, 0.4) is 0 Å². The van der Waals surface area contributed by atoms with Crippen LogP contribution >= 0.6 is 0 Å². The van der Waals surface area contributed by atoms with Crippen molar-refractivity contribution in [2.24, 2.45) is 0 Å². The third-order valence-electron chi connectivity index (χ3n) is 5.69. The molecule has 0 aliphatic heterocycles. The Bertz CT molecular complexity index is 1430. The van der Waals surface area contributed by atoms with Gasteiger partial charge in [0.25, 0.3) is 5.91 Å². The molecule has 0 aliphatic rings. The zero-order chi connectivity index (χ0) is 23.3. The van der Waals surface area contributed by atoms with E-state index in [2.05, 4.69) is 39.7 Å². The number of fused-ring (bicyclic) bond motifs is 1. The molecule has 3 aromatic carbocycles. The van der Waals surface area contributed by atoms with E-state index in [1.54, 1.807) is 18.6 Å². The van der Waals surface area contributed by atoms with E-state index >= 15 is 0 Å². The van der Waals surface area contributed by atoms with E-state index in [1.807, 2.05) is 72.8 Å². The average molecular weight is 445 g/mol. The number of pyridine rings is 2. The molecule has 0 saturated heterocycles. The summed E-state index contributed by atoms with van der Waals surface area (Å²) in [5.41, 5.74) is 7.77. The molecule has 0 atom stereocenters. The van der Waals surface area contributed by atoms with Crippen molar-refractivity contribution in [1.82, 2.24) is 9.97 Å². The number of hydrogen-bond acceptors (Lipinski definition) is 4. The van der Waals surface area contributed by atoms with Gasteiger partial charge in [0.15, 0.2) is 0 Å². The number of nitrogens with one attached hydrogen (secondary N) is 2. The average Bonchev–Trinajstić information content (AvgIpc) is 2.87. The van der Waals surface area contributed by atoms with Gasteiger partial charge in [0.1, 0.15) is 0 Å². The van der Waals surface area contributed by atoms with Crippen LogP contribution in [0.5, 0.6) is 0 Å². The Labute approximate surface area is 198 Å². The van der Waals surface area contributed by atoms with Gasteiger partial charge in [0.2, 0.25) is 0 Å². The standard InChI is InChI=1S/C29H24N4O/c1-20-2-11-27-26(18-20)28(14-17-31-27)32-24-9-5-23(6-10-24)29(34)33-25-7-3-21(4-8-25)19-22-12-15-30-16-13-22/h2-18H,19H2,1H3,(H,31,32)(H,33,34). The predicted molar refractivity (Wildman–Crippen MR) is 138 cm³/mol. The van der Waals surface area contributed by atoms with Gasteiger partial charge in [-0.2, -0.15) is 0 Å². The first-order valence-corrected chi connectivity index (χ1v) is 11.2. The number of amides is 1. The van der Waals surface area contributed by atoms with Crippen molar-refractivity contribution in [2.75, 3.05) is 10.6 Å². The molecular weight excluding hydrogens is 420 g/mol. The minimum absolute atomic E-state index is 0.140. The number of aryl methyl sites for hydroxylation is 1. The number of anilines is 3. The third-order valence-corrected chi connectivity index (χ3v) is 5.69. The van der Waals surface area contributed by atoms with Gasteiger partial charge in [-0.25, -0.2) is 0 Å². The molecule has 2 N–H and O–H groups in total. The first kappa shape index (κ1) is 21.3. The summed E-state index contributed by atoms with van der Waals surface area (Å²) in [6.07, 6.45) is 6.22. The van der Waals surface area contributed by atoms with Gasteiger partial charge in [-0.05, 0) is 91.2 Å². The Morgan fingerprint density at radius 2 is 1.47 bits per heavy atom. The maximum atomic E-state index is 12.7. The highest BCUT2D eigenvalue weighted by atomic mass is 16.1. The fraction of sp³-hybridized carbons (Fsp3) is 0.0690. The number of nitrogens with zero attached hydrogens (tertiary/aromatic N) is 2. The third kappa shape index (κ3) is 4.94. The summed E-state index contributed by atoms with van der Waals surface area (Å²) in [5, 5.41) is 7.48. The molecule has 0 fully saturated rings. The first-order valence-electron chi connectivity index (χ1n) is 11.2. The van der Waals surface area contributed by atoms with Crippen LogP contribution in [0.1, 0.15) is 27.0 Å². The number of carbonyl (C=O) groups excluding carboxylic acids is 1. The molecule has 0 saturated carbocycles. The molecule has 1 amide bonds. The molecular formula is C29H24N4O. The quantitative estimate of drug-likeness (QED) is 0.313. The molecule has 5 nitrogen and oxygen atoms in total. The second kappa shape index (κ2) is 9.55. The van der Waals surface area contributed by atoms with Gasteiger partial charge in [0.05, 0.1) is 5.52 Å². The number of carbonyl (C=O) groups is 1. The molecule has 34 heavy (non-hydrogen) atoms. The van der Waals surface area contributed by atoms with Crippen LogP contribution in [-0.2, 0) is 6.42 Å². The fourth-order valence-electron chi connectivity index (χ4n) is 3.88.